The highest BCUT2D eigenvalue weighted by Gasteiger charge is 2.21. The fraction of sp³-hybridized carbons (Fsp3) is 0.458. The van der Waals surface area contributed by atoms with Gasteiger partial charge in [0.2, 0.25) is 5.75 Å². The molecule has 1 atom stereocenters. The van der Waals surface area contributed by atoms with Crippen LogP contribution >= 0.6 is 0 Å². The van der Waals surface area contributed by atoms with Gasteiger partial charge >= 0.3 is 0 Å². The third-order valence-corrected chi connectivity index (χ3v) is 5.50. The minimum absolute atomic E-state index is 0.160. The quantitative estimate of drug-likeness (QED) is 0.671. The van der Waals surface area contributed by atoms with Gasteiger partial charge in [0.05, 0.1) is 21.3 Å². The Morgan fingerprint density at radius 2 is 1.70 bits per heavy atom. The molecule has 0 unspecified atom stereocenters. The van der Waals surface area contributed by atoms with Crippen molar-refractivity contribution in [1.82, 2.24) is 5.32 Å². The van der Waals surface area contributed by atoms with E-state index in [0.29, 0.717) is 30.2 Å². The third kappa shape index (κ3) is 4.81. The highest BCUT2D eigenvalue weighted by atomic mass is 16.5. The maximum Gasteiger partial charge on any atom is 0.261 e. The lowest BCUT2D eigenvalue weighted by Crippen LogP contribution is -2.37. The van der Waals surface area contributed by atoms with Crippen molar-refractivity contribution in [1.29, 1.82) is 0 Å². The van der Waals surface area contributed by atoms with Crippen molar-refractivity contribution in [3.05, 3.63) is 47.0 Å². The number of fused-ring (bicyclic) bond motifs is 1. The number of hydrogen-bond acceptors (Lipinski definition) is 5. The molecule has 0 bridgehead atoms. The van der Waals surface area contributed by atoms with Gasteiger partial charge in [-0.3, -0.25) is 4.79 Å². The molecular formula is C24H31NO5. The van der Waals surface area contributed by atoms with E-state index >= 15 is 0 Å². The lowest BCUT2D eigenvalue weighted by atomic mass is 9.92. The summed E-state index contributed by atoms with van der Waals surface area (Å²) in [5.41, 5.74) is 3.53. The predicted octanol–water partition coefficient (Wildman–Crippen LogP) is 4.07. The van der Waals surface area contributed by atoms with Gasteiger partial charge in [-0.2, -0.15) is 0 Å². The molecule has 1 aliphatic carbocycles. The first-order chi connectivity index (χ1) is 14.6. The third-order valence-electron chi connectivity index (χ3n) is 5.50. The van der Waals surface area contributed by atoms with Crippen LogP contribution in [0.15, 0.2) is 30.3 Å². The van der Waals surface area contributed by atoms with Crippen molar-refractivity contribution < 1.29 is 23.7 Å². The molecule has 1 amide bonds. The van der Waals surface area contributed by atoms with Crippen molar-refractivity contribution in [3.63, 3.8) is 0 Å². The molecule has 1 N–H and O–H groups in total. The summed E-state index contributed by atoms with van der Waals surface area (Å²) < 4.78 is 22.2. The van der Waals surface area contributed by atoms with Crippen molar-refractivity contribution in [3.8, 4) is 23.0 Å². The molecule has 1 aliphatic rings. The molecule has 2 aromatic carbocycles. The minimum Gasteiger partial charge on any atom is -0.493 e. The summed E-state index contributed by atoms with van der Waals surface area (Å²) in [5, 5.41) is 2.96. The van der Waals surface area contributed by atoms with E-state index in [1.54, 1.807) is 27.4 Å². The van der Waals surface area contributed by atoms with Crippen molar-refractivity contribution in [2.45, 2.75) is 51.7 Å². The summed E-state index contributed by atoms with van der Waals surface area (Å²) in [5.74, 6) is 2.21. The molecule has 0 aliphatic heterocycles. The van der Waals surface area contributed by atoms with E-state index in [9.17, 15) is 4.79 Å². The second kappa shape index (κ2) is 10.2. The molecule has 0 radical (unpaired) electrons. The molecule has 6 nitrogen and oxygen atoms in total. The van der Waals surface area contributed by atoms with Crippen LogP contribution in [0, 0.1) is 0 Å². The van der Waals surface area contributed by atoms with E-state index in [1.165, 1.54) is 24.0 Å². The summed E-state index contributed by atoms with van der Waals surface area (Å²) in [7, 11) is 4.70. The Morgan fingerprint density at radius 3 is 2.37 bits per heavy atom. The van der Waals surface area contributed by atoms with E-state index in [2.05, 4.69) is 17.4 Å². The topological polar surface area (TPSA) is 66.0 Å². The first-order valence-corrected chi connectivity index (χ1v) is 10.4. The molecular weight excluding hydrogens is 382 g/mol. The van der Waals surface area contributed by atoms with Crippen LogP contribution in [0.3, 0.4) is 0 Å². The van der Waals surface area contributed by atoms with E-state index < -0.39 is 6.10 Å². The minimum atomic E-state index is -0.558. The molecule has 0 saturated carbocycles. The van der Waals surface area contributed by atoms with Gasteiger partial charge in [0.15, 0.2) is 17.6 Å². The van der Waals surface area contributed by atoms with Crippen LogP contribution in [0.4, 0.5) is 0 Å². The number of carbonyl (C=O) groups excluding carboxylic acids is 1. The van der Waals surface area contributed by atoms with Gasteiger partial charge in [0.1, 0.15) is 5.75 Å². The average molecular weight is 414 g/mol. The monoisotopic (exact) mass is 413 g/mol. The van der Waals surface area contributed by atoms with E-state index in [0.717, 1.165) is 24.2 Å². The van der Waals surface area contributed by atoms with Crippen LogP contribution in [-0.4, -0.2) is 33.3 Å². The van der Waals surface area contributed by atoms with Crippen molar-refractivity contribution in [2.24, 2.45) is 0 Å². The second-order valence-corrected chi connectivity index (χ2v) is 7.36. The number of aryl methyl sites for hydroxylation is 2. The Kier molecular flexibility index (Phi) is 7.44. The zero-order valence-corrected chi connectivity index (χ0v) is 18.2. The fourth-order valence-electron chi connectivity index (χ4n) is 3.87. The van der Waals surface area contributed by atoms with Crippen LogP contribution in [0.1, 0.15) is 42.9 Å². The van der Waals surface area contributed by atoms with Crippen LogP contribution in [0.2, 0.25) is 0 Å². The highest BCUT2D eigenvalue weighted by molar-refractivity contribution is 5.81. The SMILES string of the molecule is CC[C@H](Oc1ccc2c(c1)CCCC2)C(=O)NCc1ccc(OC)c(OC)c1OC. The molecule has 0 saturated heterocycles. The first-order valence-electron chi connectivity index (χ1n) is 10.4. The van der Waals surface area contributed by atoms with E-state index in [-0.39, 0.29) is 5.91 Å². The number of benzene rings is 2. The van der Waals surface area contributed by atoms with Crippen LogP contribution in [-0.2, 0) is 24.2 Å². The summed E-state index contributed by atoms with van der Waals surface area (Å²) in [6.07, 6.45) is 4.67. The maximum atomic E-state index is 12.8. The fourth-order valence-corrected chi connectivity index (χ4v) is 3.87. The highest BCUT2D eigenvalue weighted by Crippen LogP contribution is 2.39. The zero-order chi connectivity index (χ0) is 21.5. The number of amides is 1. The van der Waals surface area contributed by atoms with Gasteiger partial charge in [-0.15, -0.1) is 0 Å². The summed E-state index contributed by atoms with van der Waals surface area (Å²) in [4.78, 5) is 12.8. The van der Waals surface area contributed by atoms with Gasteiger partial charge in [0.25, 0.3) is 5.91 Å². The summed E-state index contributed by atoms with van der Waals surface area (Å²) in [6.45, 7) is 2.24. The van der Waals surface area contributed by atoms with Gasteiger partial charge in [0, 0.05) is 12.1 Å². The van der Waals surface area contributed by atoms with Gasteiger partial charge in [-0.25, -0.2) is 0 Å². The Hall–Kier alpha value is -2.89. The van der Waals surface area contributed by atoms with Crippen LogP contribution in [0.5, 0.6) is 23.0 Å². The van der Waals surface area contributed by atoms with Crippen molar-refractivity contribution in [2.75, 3.05) is 21.3 Å². The van der Waals surface area contributed by atoms with Crippen LogP contribution in [0.25, 0.3) is 0 Å². The summed E-state index contributed by atoms with van der Waals surface area (Å²) in [6, 6.07) is 9.83. The Balaban J connectivity index is 1.67. The molecule has 162 valence electrons. The lowest BCUT2D eigenvalue weighted by molar-refractivity contribution is -0.128. The lowest BCUT2D eigenvalue weighted by Gasteiger charge is -2.21. The predicted molar refractivity (Wildman–Crippen MR) is 116 cm³/mol. The molecule has 0 heterocycles. The zero-order valence-electron chi connectivity index (χ0n) is 18.2. The van der Waals surface area contributed by atoms with Gasteiger partial charge < -0.3 is 24.3 Å². The molecule has 2 aromatic rings. The standard InChI is InChI=1S/C24H31NO5/c1-5-20(30-19-12-10-16-8-6-7-9-17(16)14-19)24(26)25-15-18-11-13-21(27-2)23(29-4)22(18)28-3/h10-14,20H,5-9,15H2,1-4H3,(H,25,26)/t20-/m0/s1. The van der Waals surface area contributed by atoms with E-state index in [4.69, 9.17) is 18.9 Å². The molecule has 0 fully saturated rings. The number of ether oxygens (including phenoxy) is 4. The van der Waals surface area contributed by atoms with Gasteiger partial charge in [-0.1, -0.05) is 13.0 Å². The second-order valence-electron chi connectivity index (χ2n) is 7.36. The first kappa shape index (κ1) is 21.8. The average Bonchev–Trinajstić information content (AvgIpc) is 2.79. The van der Waals surface area contributed by atoms with E-state index in [1.807, 2.05) is 19.1 Å². The molecule has 6 heteroatoms. The summed E-state index contributed by atoms with van der Waals surface area (Å²) >= 11 is 0. The Labute approximate surface area is 178 Å². The molecule has 0 spiro atoms. The van der Waals surface area contributed by atoms with Gasteiger partial charge in [-0.05, 0) is 67.5 Å². The smallest absolute Gasteiger partial charge is 0.261 e. The van der Waals surface area contributed by atoms with Crippen molar-refractivity contribution >= 4 is 5.91 Å². The Bertz CT molecular complexity index is 880. The number of hydrogen-bond donors (Lipinski definition) is 1. The number of rotatable bonds is 9. The largest absolute Gasteiger partial charge is 0.493 e. The number of nitrogens with one attached hydrogen (secondary N) is 1. The molecule has 3 rings (SSSR count). The number of carbonyl (C=O) groups is 1. The Morgan fingerprint density at radius 1 is 0.967 bits per heavy atom. The molecule has 30 heavy (non-hydrogen) atoms. The van der Waals surface area contributed by atoms with Crippen LogP contribution < -0.4 is 24.3 Å². The molecule has 0 aromatic heterocycles. The number of methoxy groups -OCH3 is 3. The maximum absolute atomic E-state index is 12.8. The normalized spacial score (nSPS) is 13.7.